The van der Waals surface area contributed by atoms with Gasteiger partial charge in [-0.15, -0.1) is 11.3 Å². The Morgan fingerprint density at radius 2 is 2.11 bits per heavy atom. The third kappa shape index (κ3) is 3.33. The van der Waals surface area contributed by atoms with E-state index in [0.29, 0.717) is 13.0 Å². The van der Waals surface area contributed by atoms with Crippen LogP contribution in [-0.4, -0.2) is 13.1 Å². The average molecular weight is 278 g/mol. The molecule has 19 heavy (non-hydrogen) atoms. The van der Waals surface area contributed by atoms with Crippen LogP contribution in [0.5, 0.6) is 0 Å². The summed E-state index contributed by atoms with van der Waals surface area (Å²) in [5, 5.41) is 2.07. The number of hydrogen-bond donors (Lipinski definition) is 1. The summed E-state index contributed by atoms with van der Waals surface area (Å²) in [6.07, 6.45) is 0.572. The van der Waals surface area contributed by atoms with E-state index in [2.05, 4.69) is 23.3 Å². The molecule has 0 spiro atoms. The van der Waals surface area contributed by atoms with Crippen molar-refractivity contribution in [3.8, 4) is 0 Å². The van der Waals surface area contributed by atoms with E-state index in [1.165, 1.54) is 10.9 Å². The fourth-order valence-corrected chi connectivity index (χ4v) is 2.91. The predicted molar refractivity (Wildman–Crippen MR) is 80.2 cm³/mol. The quantitative estimate of drug-likeness (QED) is 0.877. The van der Waals surface area contributed by atoms with Gasteiger partial charge in [-0.2, -0.15) is 0 Å². The minimum absolute atomic E-state index is 0.160. The van der Waals surface area contributed by atoms with E-state index in [-0.39, 0.29) is 5.82 Å². The summed E-state index contributed by atoms with van der Waals surface area (Å²) >= 11 is 1.72. The van der Waals surface area contributed by atoms with E-state index in [0.717, 1.165) is 24.3 Å². The Labute approximate surface area is 117 Å². The second-order valence-electron chi connectivity index (χ2n) is 4.37. The first kappa shape index (κ1) is 14.0. The molecule has 0 fully saturated rings. The fourth-order valence-electron chi connectivity index (χ4n) is 2.19. The van der Waals surface area contributed by atoms with Crippen LogP contribution >= 0.6 is 11.3 Å². The summed E-state index contributed by atoms with van der Waals surface area (Å²) in [5.74, 6) is -0.160. The first-order chi connectivity index (χ1) is 9.26. The van der Waals surface area contributed by atoms with Crippen molar-refractivity contribution in [1.29, 1.82) is 0 Å². The molecular formula is C15H19FN2S. The highest BCUT2D eigenvalue weighted by molar-refractivity contribution is 7.09. The molecule has 0 aliphatic rings. The normalized spacial score (nSPS) is 10.7. The Hall–Kier alpha value is -1.39. The van der Waals surface area contributed by atoms with Crippen molar-refractivity contribution >= 4 is 17.0 Å². The summed E-state index contributed by atoms with van der Waals surface area (Å²) in [4.78, 5) is 3.48. The van der Waals surface area contributed by atoms with Gasteiger partial charge in [-0.25, -0.2) is 4.39 Å². The highest BCUT2D eigenvalue weighted by Gasteiger charge is 2.13. The SMILES string of the molecule is CCN(Cc1cccs1)c1cccc(F)c1CCN. The van der Waals surface area contributed by atoms with Gasteiger partial charge in [0.2, 0.25) is 0 Å². The van der Waals surface area contributed by atoms with Gasteiger partial charge in [0.1, 0.15) is 5.82 Å². The second kappa shape index (κ2) is 6.68. The molecule has 0 amide bonds. The van der Waals surface area contributed by atoms with Crippen molar-refractivity contribution in [3.05, 3.63) is 52.0 Å². The molecular weight excluding hydrogens is 259 g/mol. The third-order valence-electron chi connectivity index (χ3n) is 3.14. The first-order valence-corrected chi connectivity index (χ1v) is 7.39. The van der Waals surface area contributed by atoms with Crippen LogP contribution in [0.1, 0.15) is 17.4 Å². The van der Waals surface area contributed by atoms with E-state index in [1.807, 2.05) is 12.1 Å². The minimum atomic E-state index is -0.160. The van der Waals surface area contributed by atoms with Crippen LogP contribution in [0.2, 0.25) is 0 Å². The number of anilines is 1. The van der Waals surface area contributed by atoms with Crippen molar-refractivity contribution in [3.63, 3.8) is 0 Å². The number of hydrogen-bond acceptors (Lipinski definition) is 3. The monoisotopic (exact) mass is 278 g/mol. The predicted octanol–water partition coefficient (Wildman–Crippen LogP) is 3.41. The Balaban J connectivity index is 2.29. The van der Waals surface area contributed by atoms with Crippen LogP contribution in [0, 0.1) is 5.82 Å². The highest BCUT2D eigenvalue weighted by atomic mass is 32.1. The summed E-state index contributed by atoms with van der Waals surface area (Å²) in [6, 6.07) is 9.40. The molecule has 2 aromatic rings. The zero-order valence-electron chi connectivity index (χ0n) is 11.1. The van der Waals surface area contributed by atoms with Crippen LogP contribution in [0.3, 0.4) is 0 Å². The lowest BCUT2D eigenvalue weighted by Crippen LogP contribution is -2.24. The number of thiophene rings is 1. The maximum atomic E-state index is 13.9. The molecule has 102 valence electrons. The van der Waals surface area contributed by atoms with Gasteiger partial charge in [-0.05, 0) is 43.5 Å². The van der Waals surface area contributed by atoms with E-state index < -0.39 is 0 Å². The molecule has 0 saturated carbocycles. The Bertz CT molecular complexity index is 511. The van der Waals surface area contributed by atoms with Crippen LogP contribution in [0.25, 0.3) is 0 Å². The maximum absolute atomic E-state index is 13.9. The van der Waals surface area contributed by atoms with E-state index >= 15 is 0 Å². The summed E-state index contributed by atoms with van der Waals surface area (Å²) in [5.41, 5.74) is 7.28. The summed E-state index contributed by atoms with van der Waals surface area (Å²) in [7, 11) is 0. The number of rotatable bonds is 6. The van der Waals surface area contributed by atoms with Gasteiger partial charge in [-0.3, -0.25) is 0 Å². The summed E-state index contributed by atoms with van der Waals surface area (Å²) < 4.78 is 13.9. The van der Waals surface area contributed by atoms with Gasteiger partial charge in [-0.1, -0.05) is 12.1 Å². The molecule has 0 aliphatic heterocycles. The minimum Gasteiger partial charge on any atom is -0.366 e. The van der Waals surface area contributed by atoms with Crippen molar-refractivity contribution in [1.82, 2.24) is 0 Å². The van der Waals surface area contributed by atoms with E-state index in [4.69, 9.17) is 5.73 Å². The number of nitrogens with zero attached hydrogens (tertiary/aromatic N) is 1. The largest absolute Gasteiger partial charge is 0.366 e. The standard InChI is InChI=1S/C15H19FN2S/c1-2-18(11-12-5-4-10-19-12)15-7-3-6-14(16)13(15)8-9-17/h3-7,10H,2,8-9,11,17H2,1H3. The number of nitrogens with two attached hydrogens (primary N) is 1. The van der Waals surface area contributed by atoms with Crippen molar-refractivity contribution in [2.24, 2.45) is 5.73 Å². The molecule has 2 rings (SSSR count). The lowest BCUT2D eigenvalue weighted by Gasteiger charge is -2.25. The molecule has 0 atom stereocenters. The highest BCUT2D eigenvalue weighted by Crippen LogP contribution is 2.26. The lowest BCUT2D eigenvalue weighted by atomic mass is 10.1. The Morgan fingerprint density at radius 3 is 2.74 bits per heavy atom. The average Bonchev–Trinajstić information content (AvgIpc) is 2.92. The van der Waals surface area contributed by atoms with Gasteiger partial charge in [0.15, 0.2) is 0 Å². The van der Waals surface area contributed by atoms with Crippen LogP contribution in [-0.2, 0) is 13.0 Å². The van der Waals surface area contributed by atoms with Crippen molar-refractivity contribution in [2.75, 3.05) is 18.0 Å². The van der Waals surface area contributed by atoms with Gasteiger partial charge < -0.3 is 10.6 Å². The van der Waals surface area contributed by atoms with Gasteiger partial charge in [0.05, 0.1) is 6.54 Å². The molecule has 2 nitrogen and oxygen atoms in total. The molecule has 0 unspecified atom stereocenters. The molecule has 0 radical (unpaired) electrons. The van der Waals surface area contributed by atoms with Crippen LogP contribution in [0.4, 0.5) is 10.1 Å². The molecule has 0 aliphatic carbocycles. The smallest absolute Gasteiger partial charge is 0.128 e. The molecule has 0 bridgehead atoms. The maximum Gasteiger partial charge on any atom is 0.128 e. The topological polar surface area (TPSA) is 29.3 Å². The Kier molecular flexibility index (Phi) is 4.93. The molecule has 1 aromatic heterocycles. The zero-order valence-corrected chi connectivity index (χ0v) is 11.9. The van der Waals surface area contributed by atoms with Gasteiger partial charge in [0.25, 0.3) is 0 Å². The molecule has 0 saturated heterocycles. The molecule has 1 aromatic carbocycles. The molecule has 2 N–H and O–H groups in total. The number of halogens is 1. The molecule has 1 heterocycles. The second-order valence-corrected chi connectivity index (χ2v) is 5.40. The van der Waals surface area contributed by atoms with Crippen molar-refractivity contribution < 1.29 is 4.39 Å². The zero-order chi connectivity index (χ0) is 13.7. The van der Waals surface area contributed by atoms with Crippen molar-refractivity contribution in [2.45, 2.75) is 19.9 Å². The van der Waals surface area contributed by atoms with E-state index in [9.17, 15) is 4.39 Å². The van der Waals surface area contributed by atoms with Crippen LogP contribution < -0.4 is 10.6 Å². The fraction of sp³-hybridized carbons (Fsp3) is 0.333. The summed E-state index contributed by atoms with van der Waals surface area (Å²) in [6.45, 7) is 4.21. The lowest BCUT2D eigenvalue weighted by molar-refractivity contribution is 0.607. The first-order valence-electron chi connectivity index (χ1n) is 6.51. The van der Waals surface area contributed by atoms with Gasteiger partial charge in [0, 0.05) is 22.7 Å². The van der Waals surface area contributed by atoms with E-state index in [1.54, 1.807) is 17.4 Å². The van der Waals surface area contributed by atoms with Gasteiger partial charge >= 0.3 is 0 Å². The Morgan fingerprint density at radius 1 is 1.26 bits per heavy atom. The van der Waals surface area contributed by atoms with Crippen LogP contribution in [0.15, 0.2) is 35.7 Å². The third-order valence-corrected chi connectivity index (χ3v) is 4.00. The molecule has 4 heteroatoms. The number of benzene rings is 1.